The molecule has 7 heteroatoms. The molecule has 31 heavy (non-hydrogen) atoms. The van der Waals surface area contributed by atoms with Gasteiger partial charge in [0.15, 0.2) is 5.96 Å². The minimum absolute atomic E-state index is 0.326. The average Bonchev–Trinajstić information content (AvgIpc) is 3.27. The molecule has 0 spiro atoms. The van der Waals surface area contributed by atoms with Gasteiger partial charge in [-0.3, -0.25) is 4.99 Å². The number of guanidine groups is 1. The summed E-state index contributed by atoms with van der Waals surface area (Å²) in [4.78, 5) is 7.13. The Bertz CT molecular complexity index is 849. The molecule has 1 unspecified atom stereocenters. The summed E-state index contributed by atoms with van der Waals surface area (Å²) in [7, 11) is 5.05. The van der Waals surface area contributed by atoms with Gasteiger partial charge in [0, 0.05) is 56.1 Å². The number of methoxy groups -OCH3 is 3. The third-order valence-electron chi connectivity index (χ3n) is 5.38. The molecular formula is C24H34N4O3. The second-order valence-electron chi connectivity index (χ2n) is 7.51. The Morgan fingerprint density at radius 1 is 1.03 bits per heavy atom. The second-order valence-corrected chi connectivity index (χ2v) is 7.51. The smallest absolute Gasteiger partial charge is 0.191 e. The summed E-state index contributed by atoms with van der Waals surface area (Å²) in [5, 5.41) is 6.96. The lowest BCUT2D eigenvalue weighted by Gasteiger charge is -2.21. The van der Waals surface area contributed by atoms with Crippen LogP contribution in [0, 0.1) is 0 Å². The van der Waals surface area contributed by atoms with Crippen molar-refractivity contribution in [1.29, 1.82) is 0 Å². The van der Waals surface area contributed by atoms with Crippen molar-refractivity contribution in [2.24, 2.45) is 4.99 Å². The van der Waals surface area contributed by atoms with Gasteiger partial charge in [-0.25, -0.2) is 0 Å². The van der Waals surface area contributed by atoms with E-state index in [1.807, 2.05) is 18.2 Å². The number of anilines is 1. The number of rotatable bonds is 9. The molecule has 2 aromatic rings. The first-order chi connectivity index (χ1) is 15.1. The maximum atomic E-state index is 5.42. The molecule has 0 aliphatic carbocycles. The van der Waals surface area contributed by atoms with E-state index in [2.05, 4.69) is 46.7 Å². The largest absolute Gasteiger partial charge is 0.497 e. The monoisotopic (exact) mass is 426 g/mol. The van der Waals surface area contributed by atoms with E-state index in [1.165, 1.54) is 5.56 Å². The van der Waals surface area contributed by atoms with E-state index in [4.69, 9.17) is 19.2 Å². The molecule has 0 saturated carbocycles. The number of benzene rings is 2. The van der Waals surface area contributed by atoms with Crippen LogP contribution in [0.15, 0.2) is 47.5 Å². The third kappa shape index (κ3) is 6.44. The van der Waals surface area contributed by atoms with Crippen LogP contribution in [0.25, 0.3) is 0 Å². The van der Waals surface area contributed by atoms with Crippen molar-refractivity contribution >= 4 is 11.6 Å². The quantitative estimate of drug-likeness (QED) is 0.475. The van der Waals surface area contributed by atoms with Gasteiger partial charge in [0.25, 0.3) is 0 Å². The molecule has 7 nitrogen and oxygen atoms in total. The molecule has 168 valence electrons. The van der Waals surface area contributed by atoms with E-state index in [1.54, 1.807) is 21.3 Å². The van der Waals surface area contributed by atoms with Crippen LogP contribution in [0.1, 0.15) is 18.9 Å². The van der Waals surface area contributed by atoms with Crippen LogP contribution in [0.5, 0.6) is 17.2 Å². The van der Waals surface area contributed by atoms with Gasteiger partial charge in [-0.2, -0.15) is 0 Å². The van der Waals surface area contributed by atoms with Crippen LogP contribution >= 0.6 is 0 Å². The van der Waals surface area contributed by atoms with Gasteiger partial charge in [-0.15, -0.1) is 0 Å². The topological polar surface area (TPSA) is 67.4 Å². The fraction of sp³-hybridized carbons (Fsp3) is 0.458. The van der Waals surface area contributed by atoms with Crippen LogP contribution in [0.4, 0.5) is 5.69 Å². The zero-order valence-corrected chi connectivity index (χ0v) is 19.0. The Kier molecular flexibility index (Phi) is 8.27. The number of aliphatic imine (C=N–C) groups is 1. The number of ether oxygens (including phenoxy) is 3. The Labute approximate surface area is 185 Å². The summed E-state index contributed by atoms with van der Waals surface area (Å²) >= 11 is 0. The van der Waals surface area contributed by atoms with E-state index in [-0.39, 0.29) is 0 Å². The van der Waals surface area contributed by atoms with Gasteiger partial charge in [-0.05, 0) is 37.5 Å². The second kappa shape index (κ2) is 11.3. The van der Waals surface area contributed by atoms with Crippen LogP contribution in [-0.4, -0.2) is 59.5 Å². The minimum atomic E-state index is 0.326. The van der Waals surface area contributed by atoms with Gasteiger partial charge in [0.1, 0.15) is 17.2 Å². The van der Waals surface area contributed by atoms with E-state index < -0.39 is 0 Å². The fourth-order valence-corrected chi connectivity index (χ4v) is 3.73. The van der Waals surface area contributed by atoms with Crippen LogP contribution in [-0.2, 0) is 6.42 Å². The third-order valence-corrected chi connectivity index (χ3v) is 5.38. The van der Waals surface area contributed by atoms with E-state index in [0.717, 1.165) is 61.4 Å². The number of hydrogen-bond acceptors (Lipinski definition) is 5. The molecule has 2 aromatic carbocycles. The van der Waals surface area contributed by atoms with Crippen molar-refractivity contribution in [2.75, 3.05) is 52.4 Å². The average molecular weight is 427 g/mol. The van der Waals surface area contributed by atoms with Crippen molar-refractivity contribution in [3.8, 4) is 17.2 Å². The highest BCUT2D eigenvalue weighted by molar-refractivity contribution is 5.80. The first-order valence-electron chi connectivity index (χ1n) is 10.8. The first kappa shape index (κ1) is 22.6. The summed E-state index contributed by atoms with van der Waals surface area (Å²) < 4.78 is 16.1. The SMILES string of the molecule is CCNC(=NCCc1cccc(OC)c1)NC1CCN(c2cc(OC)cc(OC)c2)C1. The highest BCUT2D eigenvalue weighted by atomic mass is 16.5. The Morgan fingerprint density at radius 2 is 1.77 bits per heavy atom. The van der Waals surface area contributed by atoms with Gasteiger partial charge >= 0.3 is 0 Å². The van der Waals surface area contributed by atoms with E-state index >= 15 is 0 Å². The van der Waals surface area contributed by atoms with Crippen LogP contribution in [0.3, 0.4) is 0 Å². The van der Waals surface area contributed by atoms with E-state index in [0.29, 0.717) is 12.6 Å². The molecule has 0 amide bonds. The lowest BCUT2D eigenvalue weighted by Crippen LogP contribution is -2.44. The predicted molar refractivity (Wildman–Crippen MR) is 126 cm³/mol. The zero-order valence-electron chi connectivity index (χ0n) is 19.0. The van der Waals surface area contributed by atoms with E-state index in [9.17, 15) is 0 Å². The molecule has 0 bridgehead atoms. The molecule has 1 aliphatic rings. The summed E-state index contributed by atoms with van der Waals surface area (Å²) in [6.45, 7) is 5.50. The van der Waals surface area contributed by atoms with Crippen LogP contribution in [0.2, 0.25) is 0 Å². The standard InChI is InChI=1S/C24H34N4O3/c1-5-25-24(26-11-9-18-7-6-8-21(13-18)29-2)27-19-10-12-28(17-19)20-14-22(30-3)16-23(15-20)31-4/h6-8,13-16,19H,5,9-12,17H2,1-4H3,(H2,25,26,27). The normalized spacial score (nSPS) is 16.2. The summed E-state index contributed by atoms with van der Waals surface area (Å²) in [6, 6.07) is 14.5. The maximum Gasteiger partial charge on any atom is 0.191 e. The van der Waals surface area contributed by atoms with Gasteiger partial charge in [0.2, 0.25) is 0 Å². The van der Waals surface area contributed by atoms with Gasteiger partial charge in [0.05, 0.1) is 21.3 Å². The summed E-state index contributed by atoms with van der Waals surface area (Å²) in [5.74, 6) is 3.35. The van der Waals surface area contributed by atoms with Crippen molar-refractivity contribution < 1.29 is 14.2 Å². The fourth-order valence-electron chi connectivity index (χ4n) is 3.73. The molecule has 1 saturated heterocycles. The molecule has 0 radical (unpaired) electrons. The number of nitrogens with one attached hydrogen (secondary N) is 2. The van der Waals surface area contributed by atoms with Crippen molar-refractivity contribution in [2.45, 2.75) is 25.8 Å². The molecule has 0 aromatic heterocycles. The molecule has 1 fully saturated rings. The van der Waals surface area contributed by atoms with Crippen molar-refractivity contribution in [3.05, 3.63) is 48.0 Å². The zero-order chi connectivity index (χ0) is 22.1. The van der Waals surface area contributed by atoms with Crippen LogP contribution < -0.4 is 29.7 Å². The molecule has 1 heterocycles. The molecule has 3 rings (SSSR count). The predicted octanol–water partition coefficient (Wildman–Crippen LogP) is 3.09. The first-order valence-corrected chi connectivity index (χ1v) is 10.8. The van der Waals surface area contributed by atoms with Gasteiger partial charge in [-0.1, -0.05) is 12.1 Å². The Morgan fingerprint density at radius 3 is 2.45 bits per heavy atom. The highest BCUT2D eigenvalue weighted by Gasteiger charge is 2.24. The maximum absolute atomic E-state index is 5.42. The summed E-state index contributed by atoms with van der Waals surface area (Å²) in [6.07, 6.45) is 1.91. The van der Waals surface area contributed by atoms with Crippen molar-refractivity contribution in [3.63, 3.8) is 0 Å². The van der Waals surface area contributed by atoms with Crippen molar-refractivity contribution in [1.82, 2.24) is 10.6 Å². The highest BCUT2D eigenvalue weighted by Crippen LogP contribution is 2.30. The summed E-state index contributed by atoms with van der Waals surface area (Å²) in [5.41, 5.74) is 2.33. The molecule has 2 N–H and O–H groups in total. The lowest BCUT2D eigenvalue weighted by atomic mass is 10.1. The Hall–Kier alpha value is -3.09. The Balaban J connectivity index is 1.58. The number of hydrogen-bond donors (Lipinski definition) is 2. The molecule has 1 aliphatic heterocycles. The van der Waals surface area contributed by atoms with Gasteiger partial charge < -0.3 is 29.7 Å². The molecule has 1 atom stereocenters. The lowest BCUT2D eigenvalue weighted by molar-refractivity contribution is 0.394. The number of nitrogens with zero attached hydrogens (tertiary/aromatic N) is 2. The minimum Gasteiger partial charge on any atom is -0.497 e. The molecular weight excluding hydrogens is 392 g/mol.